The van der Waals surface area contributed by atoms with E-state index in [-0.39, 0.29) is 18.8 Å². The Morgan fingerprint density at radius 1 is 1.00 bits per heavy atom. The molecule has 0 fully saturated rings. The van der Waals surface area contributed by atoms with Gasteiger partial charge in [-0.25, -0.2) is 4.98 Å². The molecule has 6 nitrogen and oxygen atoms in total. The Labute approximate surface area is 186 Å². The van der Waals surface area contributed by atoms with Crippen LogP contribution < -0.4 is 10.6 Å². The number of aliphatic hydroxyl groups is 1. The van der Waals surface area contributed by atoms with Crippen LogP contribution in [0.2, 0.25) is 5.02 Å². The van der Waals surface area contributed by atoms with Gasteiger partial charge in [-0.3, -0.25) is 9.59 Å². The number of nitrogens with zero attached hydrogens (tertiary/aromatic N) is 1. The summed E-state index contributed by atoms with van der Waals surface area (Å²) in [6.07, 6.45) is -5.11. The first-order chi connectivity index (χ1) is 15.0. The zero-order chi connectivity index (χ0) is 23.5. The summed E-state index contributed by atoms with van der Waals surface area (Å²) in [6, 6.07) is 15.0. The number of amides is 2. The first-order valence-corrected chi connectivity index (χ1v) is 9.85. The summed E-state index contributed by atoms with van der Waals surface area (Å²) in [4.78, 5) is 28.6. The van der Waals surface area contributed by atoms with E-state index in [0.717, 1.165) is 5.39 Å². The van der Waals surface area contributed by atoms with Crippen molar-refractivity contribution in [1.82, 2.24) is 15.6 Å². The molecule has 0 aliphatic heterocycles. The van der Waals surface area contributed by atoms with Crippen LogP contribution in [-0.2, 0) is 17.9 Å². The summed E-state index contributed by atoms with van der Waals surface area (Å²) in [6.45, 7) is 0.178. The minimum Gasteiger partial charge on any atom is -0.373 e. The van der Waals surface area contributed by atoms with Crippen molar-refractivity contribution in [2.75, 3.05) is 0 Å². The summed E-state index contributed by atoms with van der Waals surface area (Å²) in [5, 5.41) is 15.5. The molecule has 1 heterocycles. The van der Waals surface area contributed by atoms with Gasteiger partial charge in [0.2, 0.25) is 5.60 Å². The van der Waals surface area contributed by atoms with E-state index in [1.54, 1.807) is 54.6 Å². The number of benzene rings is 2. The topological polar surface area (TPSA) is 91.3 Å². The quantitative estimate of drug-likeness (QED) is 0.517. The molecule has 0 aliphatic carbocycles. The van der Waals surface area contributed by atoms with E-state index < -0.39 is 23.6 Å². The Bertz CT molecular complexity index is 1170. The third-order valence-electron chi connectivity index (χ3n) is 4.88. The average molecular weight is 466 g/mol. The molecular weight excluding hydrogens is 447 g/mol. The van der Waals surface area contributed by atoms with Gasteiger partial charge in [0.05, 0.1) is 5.52 Å². The van der Waals surface area contributed by atoms with Gasteiger partial charge in [0.1, 0.15) is 5.69 Å². The number of hydrogen-bond donors (Lipinski definition) is 3. The van der Waals surface area contributed by atoms with Gasteiger partial charge in [0.25, 0.3) is 11.8 Å². The van der Waals surface area contributed by atoms with Crippen molar-refractivity contribution in [2.45, 2.75) is 31.8 Å². The van der Waals surface area contributed by atoms with Gasteiger partial charge in [-0.2, -0.15) is 13.2 Å². The second-order valence-corrected chi connectivity index (χ2v) is 7.67. The van der Waals surface area contributed by atoms with E-state index in [1.807, 2.05) is 0 Å². The van der Waals surface area contributed by atoms with Gasteiger partial charge in [-0.15, -0.1) is 0 Å². The van der Waals surface area contributed by atoms with E-state index in [0.29, 0.717) is 28.6 Å². The predicted molar refractivity (Wildman–Crippen MR) is 113 cm³/mol. The summed E-state index contributed by atoms with van der Waals surface area (Å²) >= 11 is 5.97. The SMILES string of the molecule is CC(O)(C(=O)NCc1ccccc1CNC(=O)c1ccc2ccc(Cl)cc2n1)C(F)(F)F. The van der Waals surface area contributed by atoms with E-state index in [4.69, 9.17) is 11.6 Å². The number of aromatic nitrogens is 1. The van der Waals surface area contributed by atoms with Gasteiger partial charge >= 0.3 is 6.18 Å². The Balaban J connectivity index is 1.67. The third kappa shape index (κ3) is 5.17. The molecule has 0 spiro atoms. The molecule has 32 heavy (non-hydrogen) atoms. The lowest BCUT2D eigenvalue weighted by atomic mass is 10.0. The number of rotatable bonds is 6. The Hall–Kier alpha value is -3.17. The molecule has 3 rings (SSSR count). The average Bonchev–Trinajstić information content (AvgIpc) is 2.74. The maximum atomic E-state index is 12.8. The molecule has 0 aliphatic rings. The second kappa shape index (κ2) is 9.13. The van der Waals surface area contributed by atoms with E-state index in [1.165, 1.54) is 0 Å². The number of carbonyl (C=O) groups excluding carboxylic acids is 2. The lowest BCUT2D eigenvalue weighted by Crippen LogP contribution is -2.54. The highest BCUT2D eigenvalue weighted by molar-refractivity contribution is 6.31. The highest BCUT2D eigenvalue weighted by Crippen LogP contribution is 2.30. The van der Waals surface area contributed by atoms with Crippen molar-refractivity contribution in [1.29, 1.82) is 0 Å². The summed E-state index contributed by atoms with van der Waals surface area (Å²) < 4.78 is 38.4. The van der Waals surface area contributed by atoms with Crippen LogP contribution in [-0.4, -0.2) is 33.7 Å². The van der Waals surface area contributed by atoms with Crippen molar-refractivity contribution < 1.29 is 27.9 Å². The van der Waals surface area contributed by atoms with E-state index >= 15 is 0 Å². The van der Waals surface area contributed by atoms with Crippen LogP contribution in [0.15, 0.2) is 54.6 Å². The highest BCUT2D eigenvalue weighted by Gasteiger charge is 2.55. The molecule has 0 bridgehead atoms. The monoisotopic (exact) mass is 465 g/mol. The fourth-order valence-corrected chi connectivity index (χ4v) is 3.03. The van der Waals surface area contributed by atoms with Crippen LogP contribution in [0.1, 0.15) is 28.5 Å². The fraction of sp³-hybridized carbons (Fsp3) is 0.227. The van der Waals surface area contributed by atoms with Gasteiger partial charge in [-0.1, -0.05) is 48.0 Å². The fourth-order valence-electron chi connectivity index (χ4n) is 2.86. The lowest BCUT2D eigenvalue weighted by molar-refractivity contribution is -0.245. The maximum Gasteiger partial charge on any atom is 0.426 e. The van der Waals surface area contributed by atoms with Crippen LogP contribution in [0.5, 0.6) is 0 Å². The largest absolute Gasteiger partial charge is 0.426 e. The van der Waals surface area contributed by atoms with Gasteiger partial charge < -0.3 is 15.7 Å². The van der Waals surface area contributed by atoms with Crippen LogP contribution in [0.25, 0.3) is 10.9 Å². The van der Waals surface area contributed by atoms with Gasteiger partial charge in [0, 0.05) is 23.5 Å². The number of pyridine rings is 1. The van der Waals surface area contributed by atoms with Gasteiger partial charge in [0.15, 0.2) is 0 Å². The van der Waals surface area contributed by atoms with Crippen LogP contribution >= 0.6 is 11.6 Å². The molecule has 3 N–H and O–H groups in total. The summed E-state index contributed by atoms with van der Waals surface area (Å²) in [5.41, 5.74) is -1.72. The van der Waals surface area contributed by atoms with Crippen molar-refractivity contribution in [2.24, 2.45) is 0 Å². The second-order valence-electron chi connectivity index (χ2n) is 7.24. The molecular formula is C22H19ClF3N3O3. The number of alkyl halides is 3. The van der Waals surface area contributed by atoms with Crippen LogP contribution in [0.4, 0.5) is 13.2 Å². The summed E-state index contributed by atoms with van der Waals surface area (Å²) in [5.74, 6) is -2.02. The van der Waals surface area contributed by atoms with E-state index in [9.17, 15) is 27.9 Å². The van der Waals surface area contributed by atoms with Crippen molar-refractivity contribution in [3.05, 3.63) is 76.4 Å². The molecule has 0 saturated heterocycles. The first-order valence-electron chi connectivity index (χ1n) is 9.48. The van der Waals surface area contributed by atoms with Gasteiger partial charge in [-0.05, 0) is 36.2 Å². The van der Waals surface area contributed by atoms with Crippen LogP contribution in [0, 0.1) is 0 Å². The maximum absolute atomic E-state index is 12.8. The number of hydrogen-bond acceptors (Lipinski definition) is 4. The number of halogens is 4. The molecule has 1 unspecified atom stereocenters. The molecule has 1 atom stereocenters. The molecule has 0 saturated carbocycles. The normalized spacial score (nSPS) is 13.4. The van der Waals surface area contributed by atoms with Crippen molar-refractivity contribution >= 4 is 34.3 Å². The molecule has 3 aromatic rings. The Kier molecular flexibility index (Phi) is 6.71. The standard InChI is InChI=1S/C22H19ClF3N3O3/c1-21(32,22(24,25)26)20(31)28-12-15-5-3-2-4-14(15)11-27-19(30)17-9-7-13-6-8-16(23)10-18(13)29-17/h2-10,32H,11-12H2,1H3,(H,27,30)(H,28,31). The molecule has 0 radical (unpaired) electrons. The molecule has 2 amide bonds. The Morgan fingerprint density at radius 3 is 2.22 bits per heavy atom. The zero-order valence-corrected chi connectivity index (χ0v) is 17.6. The number of fused-ring (bicyclic) bond motifs is 1. The predicted octanol–water partition coefficient (Wildman–Crippen LogP) is 3.75. The highest BCUT2D eigenvalue weighted by atomic mass is 35.5. The number of carbonyl (C=O) groups is 2. The minimum atomic E-state index is -5.11. The summed E-state index contributed by atoms with van der Waals surface area (Å²) in [7, 11) is 0. The van der Waals surface area contributed by atoms with Crippen LogP contribution in [0.3, 0.4) is 0 Å². The van der Waals surface area contributed by atoms with Crippen molar-refractivity contribution in [3.8, 4) is 0 Å². The Morgan fingerprint density at radius 2 is 1.59 bits per heavy atom. The zero-order valence-electron chi connectivity index (χ0n) is 16.8. The molecule has 2 aromatic carbocycles. The minimum absolute atomic E-state index is 0.0514. The van der Waals surface area contributed by atoms with Crippen molar-refractivity contribution in [3.63, 3.8) is 0 Å². The van der Waals surface area contributed by atoms with E-state index in [2.05, 4.69) is 15.6 Å². The molecule has 10 heteroatoms. The first kappa shape index (κ1) is 23.5. The third-order valence-corrected chi connectivity index (χ3v) is 5.11. The molecule has 1 aromatic heterocycles. The molecule has 168 valence electrons. The smallest absolute Gasteiger partial charge is 0.373 e. The number of nitrogens with one attached hydrogen (secondary N) is 2. The lowest BCUT2D eigenvalue weighted by Gasteiger charge is -2.25.